The van der Waals surface area contributed by atoms with E-state index in [9.17, 15) is 18.3 Å². The molecule has 1 amide bonds. The van der Waals surface area contributed by atoms with Gasteiger partial charge in [-0.3, -0.25) is 4.90 Å². The van der Waals surface area contributed by atoms with Gasteiger partial charge in [0, 0.05) is 5.54 Å². The third-order valence-corrected chi connectivity index (χ3v) is 5.52. The molecule has 1 aliphatic carbocycles. The van der Waals surface area contributed by atoms with Gasteiger partial charge in [-0.1, -0.05) is 19.8 Å². The van der Waals surface area contributed by atoms with Crippen LogP contribution < -0.4 is 5.14 Å². The molecule has 112 valence electrons. The Hall–Kier alpha value is -0.820. The summed E-state index contributed by atoms with van der Waals surface area (Å²) in [6, 6.07) is -0.536. The van der Waals surface area contributed by atoms with Crippen LogP contribution in [-0.2, 0) is 10.0 Å². The predicted molar refractivity (Wildman–Crippen MR) is 73.4 cm³/mol. The third-order valence-electron chi connectivity index (χ3n) is 3.75. The molecule has 0 aliphatic heterocycles. The number of hydrogen-bond donors (Lipinski definition) is 2. The Bertz CT molecular complexity index is 455. The fourth-order valence-electron chi connectivity index (χ4n) is 2.68. The molecule has 2 unspecified atom stereocenters. The number of primary sulfonamides is 1. The van der Waals surface area contributed by atoms with Crippen LogP contribution in [0.2, 0.25) is 0 Å². The lowest BCUT2D eigenvalue weighted by molar-refractivity contribution is 0.0924. The summed E-state index contributed by atoms with van der Waals surface area (Å²) < 4.78 is 22.6. The minimum atomic E-state index is -3.76. The lowest BCUT2D eigenvalue weighted by atomic mass is 10.1. The van der Waals surface area contributed by atoms with E-state index < -0.39 is 32.4 Å². The summed E-state index contributed by atoms with van der Waals surface area (Å²) in [5.74, 6) is 0. The van der Waals surface area contributed by atoms with E-state index in [2.05, 4.69) is 0 Å². The van der Waals surface area contributed by atoms with Crippen molar-refractivity contribution in [2.75, 3.05) is 0 Å². The topological polar surface area (TPSA) is 101 Å². The second kappa shape index (κ2) is 4.94. The van der Waals surface area contributed by atoms with Crippen molar-refractivity contribution in [1.29, 1.82) is 0 Å². The highest BCUT2D eigenvalue weighted by Gasteiger charge is 2.66. The molecule has 0 aromatic heterocycles. The van der Waals surface area contributed by atoms with Crippen LogP contribution in [0.1, 0.15) is 53.4 Å². The minimum Gasteiger partial charge on any atom is -0.465 e. The molecule has 19 heavy (non-hydrogen) atoms. The number of carboxylic acid groups (broad SMARTS) is 1. The van der Waals surface area contributed by atoms with Crippen LogP contribution in [0.4, 0.5) is 4.79 Å². The summed E-state index contributed by atoms with van der Waals surface area (Å²) in [6.45, 7) is 7.24. The van der Waals surface area contributed by atoms with Gasteiger partial charge in [-0.15, -0.1) is 0 Å². The summed E-state index contributed by atoms with van der Waals surface area (Å²) in [5, 5.41) is 14.7. The Morgan fingerprint density at radius 2 is 2.00 bits per heavy atom. The number of carbonyl (C=O) groups is 1. The molecule has 0 spiro atoms. The van der Waals surface area contributed by atoms with Crippen LogP contribution in [0.25, 0.3) is 0 Å². The van der Waals surface area contributed by atoms with Crippen molar-refractivity contribution >= 4 is 16.1 Å². The molecule has 3 N–H and O–H groups in total. The summed E-state index contributed by atoms with van der Waals surface area (Å²) >= 11 is 0. The number of rotatable bonds is 5. The first-order valence-corrected chi connectivity index (χ1v) is 8.06. The van der Waals surface area contributed by atoms with Gasteiger partial charge in [0.25, 0.3) is 0 Å². The van der Waals surface area contributed by atoms with Gasteiger partial charge in [0.1, 0.15) is 4.75 Å². The van der Waals surface area contributed by atoms with E-state index in [0.717, 1.165) is 12.8 Å². The molecule has 1 rings (SSSR count). The number of hydrogen-bond acceptors (Lipinski definition) is 3. The zero-order valence-corrected chi connectivity index (χ0v) is 12.8. The number of nitrogens with zero attached hydrogens (tertiary/aromatic N) is 1. The first-order valence-electron chi connectivity index (χ1n) is 6.52. The maximum absolute atomic E-state index is 11.8. The summed E-state index contributed by atoms with van der Waals surface area (Å²) in [7, 11) is -3.76. The molecule has 2 atom stereocenters. The number of sulfonamides is 1. The first kappa shape index (κ1) is 16.2. The van der Waals surface area contributed by atoms with Gasteiger partial charge in [0.2, 0.25) is 10.0 Å². The van der Waals surface area contributed by atoms with E-state index >= 15 is 0 Å². The normalized spacial score (nSPS) is 27.1. The monoisotopic (exact) mass is 292 g/mol. The fraction of sp³-hybridized carbons (Fsp3) is 0.917. The summed E-state index contributed by atoms with van der Waals surface area (Å²) in [5.41, 5.74) is -0.644. The molecule has 7 heteroatoms. The standard InChI is InChI=1S/C12H24N2O4S/c1-5-6-7-12(19(13,17)18)8-9(12)14(10(15)16)11(2,3)4/h9H,5-8H2,1-4H3,(H,15,16)(H2,13,17,18). The number of unbranched alkanes of at least 4 members (excludes halogenated alkanes) is 1. The molecule has 0 radical (unpaired) electrons. The van der Waals surface area contributed by atoms with Gasteiger partial charge in [-0.25, -0.2) is 18.4 Å². The first-order chi connectivity index (χ1) is 8.47. The fourth-order valence-corrected chi connectivity index (χ4v) is 3.98. The summed E-state index contributed by atoms with van der Waals surface area (Å²) in [6.07, 6.45) is 1.21. The van der Waals surface area contributed by atoms with Crippen LogP contribution in [0.15, 0.2) is 0 Å². The second-order valence-electron chi connectivity index (χ2n) is 6.26. The zero-order valence-electron chi connectivity index (χ0n) is 12.0. The van der Waals surface area contributed by atoms with Crippen molar-refractivity contribution in [2.45, 2.75) is 69.7 Å². The maximum atomic E-state index is 11.8. The van der Waals surface area contributed by atoms with Gasteiger partial charge in [0.05, 0.1) is 6.04 Å². The quantitative estimate of drug-likeness (QED) is 0.806. The molecule has 1 aliphatic rings. The highest BCUT2D eigenvalue weighted by Crippen LogP contribution is 2.51. The number of amides is 1. The molecule has 0 saturated heterocycles. The average molecular weight is 292 g/mol. The Morgan fingerprint density at radius 3 is 2.32 bits per heavy atom. The van der Waals surface area contributed by atoms with Gasteiger partial charge in [-0.2, -0.15) is 0 Å². The van der Waals surface area contributed by atoms with Crippen molar-refractivity contribution in [3.05, 3.63) is 0 Å². The molecule has 0 heterocycles. The lowest BCUT2D eigenvalue weighted by Gasteiger charge is -2.35. The smallest absolute Gasteiger partial charge is 0.408 e. The molecule has 0 bridgehead atoms. The molecular formula is C12H24N2O4S. The van der Waals surface area contributed by atoms with Crippen LogP contribution in [-0.4, -0.2) is 40.8 Å². The van der Waals surface area contributed by atoms with Gasteiger partial charge < -0.3 is 5.11 Å². The SMILES string of the molecule is CCCCC1(S(N)(=O)=O)CC1N(C(=O)O)C(C)(C)C. The predicted octanol–water partition coefficient (Wildman–Crippen LogP) is 1.75. The van der Waals surface area contributed by atoms with Gasteiger partial charge >= 0.3 is 6.09 Å². The Morgan fingerprint density at radius 1 is 1.47 bits per heavy atom. The third kappa shape index (κ3) is 3.02. The van der Waals surface area contributed by atoms with E-state index in [0.29, 0.717) is 12.8 Å². The zero-order chi connectivity index (χ0) is 15.1. The van der Waals surface area contributed by atoms with Crippen molar-refractivity contribution in [1.82, 2.24) is 4.90 Å². The Balaban J connectivity index is 3.06. The largest absolute Gasteiger partial charge is 0.465 e. The van der Waals surface area contributed by atoms with E-state index in [1.807, 2.05) is 6.92 Å². The van der Waals surface area contributed by atoms with E-state index in [1.54, 1.807) is 20.8 Å². The summed E-state index contributed by atoms with van der Waals surface area (Å²) in [4.78, 5) is 12.6. The highest BCUT2D eigenvalue weighted by molar-refractivity contribution is 7.91. The molecular weight excluding hydrogens is 268 g/mol. The molecule has 6 nitrogen and oxygen atoms in total. The second-order valence-corrected chi connectivity index (χ2v) is 8.16. The van der Waals surface area contributed by atoms with E-state index in [1.165, 1.54) is 4.90 Å². The Kier molecular flexibility index (Phi) is 4.22. The van der Waals surface area contributed by atoms with E-state index in [-0.39, 0.29) is 0 Å². The molecule has 0 aromatic rings. The molecule has 1 fully saturated rings. The van der Waals surface area contributed by atoms with Crippen molar-refractivity contribution in [3.8, 4) is 0 Å². The van der Waals surface area contributed by atoms with Crippen LogP contribution in [0.5, 0.6) is 0 Å². The molecule has 0 aromatic carbocycles. The van der Waals surface area contributed by atoms with E-state index in [4.69, 9.17) is 5.14 Å². The van der Waals surface area contributed by atoms with Crippen LogP contribution in [0, 0.1) is 0 Å². The van der Waals surface area contributed by atoms with Crippen molar-refractivity contribution in [3.63, 3.8) is 0 Å². The Labute approximate surface area is 115 Å². The average Bonchev–Trinajstić information content (AvgIpc) is 2.86. The highest BCUT2D eigenvalue weighted by atomic mass is 32.2. The minimum absolute atomic E-state index is 0.301. The van der Waals surface area contributed by atoms with Crippen molar-refractivity contribution < 1.29 is 18.3 Å². The van der Waals surface area contributed by atoms with Crippen LogP contribution in [0.3, 0.4) is 0 Å². The lowest BCUT2D eigenvalue weighted by Crippen LogP contribution is -2.51. The van der Waals surface area contributed by atoms with Crippen molar-refractivity contribution in [2.24, 2.45) is 5.14 Å². The maximum Gasteiger partial charge on any atom is 0.408 e. The number of nitrogens with two attached hydrogens (primary N) is 1. The van der Waals surface area contributed by atoms with Gasteiger partial charge in [-0.05, 0) is 33.6 Å². The van der Waals surface area contributed by atoms with Crippen LogP contribution >= 0.6 is 0 Å². The molecule has 1 saturated carbocycles. The van der Waals surface area contributed by atoms with Gasteiger partial charge in [0.15, 0.2) is 0 Å².